The molecule has 0 bridgehead atoms. The van der Waals surface area contributed by atoms with Crippen LogP contribution in [0.25, 0.3) is 0 Å². The van der Waals surface area contributed by atoms with Crippen LogP contribution in [0, 0.1) is 5.92 Å². The second kappa shape index (κ2) is 11.0. The van der Waals surface area contributed by atoms with Crippen molar-refractivity contribution in [3.8, 4) is 17.2 Å². The predicted molar refractivity (Wildman–Crippen MR) is 158 cm³/mol. The molecule has 0 saturated heterocycles. The van der Waals surface area contributed by atoms with E-state index in [2.05, 4.69) is 0 Å². The summed E-state index contributed by atoms with van der Waals surface area (Å²) < 4.78 is 41.2. The summed E-state index contributed by atoms with van der Waals surface area (Å²) >= 11 is 0. The van der Waals surface area contributed by atoms with Crippen LogP contribution in [0.1, 0.15) is 55.3 Å². The molecule has 0 saturated carbocycles. The number of carbonyl (C=O) groups is 3. The Morgan fingerprint density at radius 1 is 1.04 bits per heavy atom. The second-order valence-electron chi connectivity index (χ2n) is 11.6. The Bertz CT molecular complexity index is 1680. The van der Waals surface area contributed by atoms with E-state index in [4.69, 9.17) is 33.2 Å². The maximum atomic E-state index is 14.7. The van der Waals surface area contributed by atoms with Crippen molar-refractivity contribution in [3.05, 3.63) is 87.9 Å². The number of ether oxygens (including phenoxy) is 7. The van der Waals surface area contributed by atoms with Crippen molar-refractivity contribution in [2.45, 2.75) is 50.9 Å². The molecule has 6 rings (SSSR count). The molecule has 45 heavy (non-hydrogen) atoms. The maximum Gasteiger partial charge on any atom is 0.338 e. The van der Waals surface area contributed by atoms with Crippen molar-refractivity contribution in [3.63, 3.8) is 0 Å². The van der Waals surface area contributed by atoms with Crippen molar-refractivity contribution in [1.82, 2.24) is 0 Å². The van der Waals surface area contributed by atoms with Crippen molar-refractivity contribution in [2.75, 3.05) is 27.6 Å². The average Bonchev–Trinajstić information content (AvgIpc) is 3.68. The fourth-order valence-corrected chi connectivity index (χ4v) is 6.46. The lowest BCUT2D eigenvalue weighted by Crippen LogP contribution is -2.59. The number of hydrogen-bond acceptors (Lipinski definition) is 11. The third-order valence-corrected chi connectivity index (χ3v) is 9.25. The van der Waals surface area contributed by atoms with Crippen LogP contribution in [0.15, 0.2) is 71.2 Å². The van der Waals surface area contributed by atoms with Gasteiger partial charge in [0.25, 0.3) is 0 Å². The van der Waals surface area contributed by atoms with Crippen LogP contribution in [0.2, 0.25) is 0 Å². The molecule has 1 spiro atoms. The van der Waals surface area contributed by atoms with Gasteiger partial charge in [0, 0.05) is 22.6 Å². The molecule has 236 valence electrons. The summed E-state index contributed by atoms with van der Waals surface area (Å²) in [6.45, 7) is 6.08. The molecule has 0 amide bonds. The monoisotopic (exact) mass is 618 g/mol. The highest BCUT2D eigenvalue weighted by Gasteiger charge is 2.64. The summed E-state index contributed by atoms with van der Waals surface area (Å²) in [7, 11) is 2.73. The van der Waals surface area contributed by atoms with Gasteiger partial charge in [-0.3, -0.25) is 4.79 Å². The van der Waals surface area contributed by atoms with Gasteiger partial charge < -0.3 is 38.3 Å². The van der Waals surface area contributed by atoms with E-state index in [1.165, 1.54) is 21.1 Å². The lowest BCUT2D eigenvalue weighted by atomic mass is 9.59. The SMILES string of the molecule is C/C=C(/C)C(=O)O[C@@H]1C2=CC(OC)=C(OC)C(=O)[C@@]23COc2c4c(cc(c23)[C@@H](OC(=O)c2ccccc2)[C@H](C)[C@]1(C)O)OCO4. The first-order valence-corrected chi connectivity index (χ1v) is 14.5. The highest BCUT2D eigenvalue weighted by molar-refractivity contribution is 6.09. The van der Waals surface area contributed by atoms with Crippen LogP contribution in [-0.2, 0) is 34.0 Å². The van der Waals surface area contributed by atoms with Crippen molar-refractivity contribution in [2.24, 2.45) is 5.92 Å². The van der Waals surface area contributed by atoms with E-state index < -0.39 is 46.9 Å². The minimum Gasteiger partial charge on any atom is -0.493 e. The van der Waals surface area contributed by atoms with E-state index >= 15 is 0 Å². The van der Waals surface area contributed by atoms with E-state index in [0.717, 1.165) is 0 Å². The van der Waals surface area contributed by atoms with Crippen LogP contribution < -0.4 is 14.2 Å². The minimum atomic E-state index is -1.93. The Morgan fingerprint density at radius 3 is 2.44 bits per heavy atom. The Hall–Kier alpha value is -4.77. The predicted octanol–water partition coefficient (Wildman–Crippen LogP) is 4.24. The largest absolute Gasteiger partial charge is 0.493 e. The number of ketones is 1. The van der Waals surface area contributed by atoms with Gasteiger partial charge in [-0.1, -0.05) is 31.2 Å². The van der Waals surface area contributed by atoms with Gasteiger partial charge in [-0.2, -0.15) is 0 Å². The second-order valence-corrected chi connectivity index (χ2v) is 11.6. The highest BCUT2D eigenvalue weighted by atomic mass is 16.7. The number of benzene rings is 2. The average molecular weight is 619 g/mol. The molecule has 2 heterocycles. The first-order valence-electron chi connectivity index (χ1n) is 14.5. The van der Waals surface area contributed by atoms with Gasteiger partial charge in [0.05, 0.1) is 19.8 Å². The molecule has 2 aromatic rings. The molecule has 11 nitrogen and oxygen atoms in total. The molecule has 4 aliphatic rings. The minimum absolute atomic E-state index is 0.0822. The number of hydrogen-bond donors (Lipinski definition) is 1. The zero-order valence-electron chi connectivity index (χ0n) is 25.8. The number of methoxy groups -OCH3 is 2. The van der Waals surface area contributed by atoms with Gasteiger partial charge in [0.15, 0.2) is 23.4 Å². The molecular weight excluding hydrogens is 584 g/mol. The standard InChI is InChI=1S/C34H34O11/c1-7-17(2)31(36)45-30-21-14-22(39-5)27(40-6)29(35)34(21)15-41-28-24(34)20(13-23-26(28)43-16-42-23)25(18(3)33(30,4)38)44-32(37)19-11-9-8-10-12-19/h7-14,18,25,30,38H,15-16H2,1-6H3/b17-7-/t18-,25-,30+,33-,34-/m0/s1. The number of rotatable bonds is 6. The fraction of sp³-hybridized carbons (Fsp3) is 0.382. The number of aliphatic hydroxyl groups is 1. The number of Topliss-reactive ketones (excluding diaryl/α,β-unsaturated/α-hetero) is 1. The maximum absolute atomic E-state index is 14.7. The Kier molecular flexibility index (Phi) is 7.39. The third-order valence-electron chi connectivity index (χ3n) is 9.25. The molecular formula is C34H34O11. The summed E-state index contributed by atoms with van der Waals surface area (Å²) in [4.78, 5) is 41.7. The Labute approximate surface area is 259 Å². The molecule has 2 aromatic carbocycles. The summed E-state index contributed by atoms with van der Waals surface area (Å²) in [6, 6.07) is 10.1. The van der Waals surface area contributed by atoms with Gasteiger partial charge in [-0.05, 0) is 50.6 Å². The van der Waals surface area contributed by atoms with Gasteiger partial charge in [0.1, 0.15) is 23.7 Å². The topological polar surface area (TPSA) is 136 Å². The van der Waals surface area contributed by atoms with E-state index in [9.17, 15) is 19.5 Å². The lowest BCUT2D eigenvalue weighted by molar-refractivity contribution is -0.169. The van der Waals surface area contributed by atoms with Gasteiger partial charge in [0.2, 0.25) is 24.1 Å². The van der Waals surface area contributed by atoms with Crippen LogP contribution in [0.5, 0.6) is 17.2 Å². The van der Waals surface area contributed by atoms with Crippen LogP contribution >= 0.6 is 0 Å². The van der Waals surface area contributed by atoms with Gasteiger partial charge in [-0.15, -0.1) is 0 Å². The van der Waals surface area contributed by atoms with E-state index in [-0.39, 0.29) is 53.1 Å². The number of carbonyl (C=O) groups excluding carboxylic acids is 3. The van der Waals surface area contributed by atoms with E-state index in [1.807, 2.05) is 0 Å². The summed E-state index contributed by atoms with van der Waals surface area (Å²) in [6.07, 6.45) is 0.522. The zero-order chi connectivity index (χ0) is 32.3. The molecule has 2 aliphatic carbocycles. The van der Waals surface area contributed by atoms with Crippen LogP contribution in [0.4, 0.5) is 0 Å². The van der Waals surface area contributed by atoms with Crippen LogP contribution in [0.3, 0.4) is 0 Å². The highest BCUT2D eigenvalue weighted by Crippen LogP contribution is 2.62. The molecule has 1 N–H and O–H groups in total. The molecule has 0 aromatic heterocycles. The first kappa shape index (κ1) is 30.3. The van der Waals surface area contributed by atoms with Gasteiger partial charge in [-0.25, -0.2) is 9.59 Å². The summed E-state index contributed by atoms with van der Waals surface area (Å²) in [5, 5.41) is 12.5. The van der Waals surface area contributed by atoms with Crippen molar-refractivity contribution in [1.29, 1.82) is 0 Å². The Balaban J connectivity index is 1.67. The van der Waals surface area contributed by atoms with E-state index in [0.29, 0.717) is 16.9 Å². The Morgan fingerprint density at radius 2 is 1.78 bits per heavy atom. The van der Waals surface area contributed by atoms with Gasteiger partial charge >= 0.3 is 11.9 Å². The number of fused-ring (bicyclic) bond motifs is 2. The molecule has 0 radical (unpaired) electrons. The van der Waals surface area contributed by atoms with Crippen LogP contribution in [-0.4, -0.2) is 62.2 Å². The third kappa shape index (κ3) is 4.40. The lowest BCUT2D eigenvalue weighted by Gasteiger charge is -2.48. The summed E-state index contributed by atoms with van der Waals surface area (Å²) in [5.41, 5.74) is -2.13. The van der Waals surface area contributed by atoms with Crippen molar-refractivity contribution >= 4 is 17.7 Å². The molecule has 0 fully saturated rings. The molecule has 5 atom stereocenters. The quantitative estimate of drug-likeness (QED) is 0.368. The number of allylic oxidation sites excluding steroid dienone is 3. The number of esters is 2. The summed E-state index contributed by atoms with van der Waals surface area (Å²) in [5.74, 6) is -2.03. The molecule has 11 heteroatoms. The molecule has 2 aliphatic heterocycles. The molecule has 0 unspecified atom stereocenters. The normalized spacial score (nSPS) is 28.2. The van der Waals surface area contributed by atoms with E-state index in [1.54, 1.807) is 69.3 Å². The fourth-order valence-electron chi connectivity index (χ4n) is 6.46. The first-order chi connectivity index (χ1) is 21.5. The van der Waals surface area contributed by atoms with Crippen molar-refractivity contribution < 1.29 is 52.6 Å². The zero-order valence-corrected chi connectivity index (χ0v) is 25.8. The smallest absolute Gasteiger partial charge is 0.338 e.